The lowest BCUT2D eigenvalue weighted by Crippen LogP contribution is -2.46. The van der Waals surface area contributed by atoms with Gasteiger partial charge in [-0.05, 0) is 44.2 Å². The van der Waals surface area contributed by atoms with Crippen LogP contribution in [0.2, 0.25) is 0 Å². The summed E-state index contributed by atoms with van der Waals surface area (Å²) in [6, 6.07) is 7.02. The Morgan fingerprint density at radius 3 is 2.27 bits per heavy atom. The first-order valence-electron chi connectivity index (χ1n) is 8.41. The molecule has 2 N–H and O–H groups in total. The fraction of sp³-hybridized carbons (Fsp3) is 0.611. The normalized spacial score (nSPS) is 24.0. The highest BCUT2D eigenvalue weighted by Gasteiger charge is 2.31. The molecule has 120 valence electrons. The van der Waals surface area contributed by atoms with Gasteiger partial charge in [0.1, 0.15) is 0 Å². The first-order valence-corrected chi connectivity index (χ1v) is 8.41. The standard InChI is InChI=1S/C18H27N3O/c1-13-4-3-5-14(2)17(13)18(22)20-10-7-16(8-11-20)21-9-6-15(19)12-21/h3-5,15-16H,6-12,19H2,1-2H3/t15-/m1/s1. The second-order valence-electron chi connectivity index (χ2n) is 6.83. The summed E-state index contributed by atoms with van der Waals surface area (Å²) in [5.41, 5.74) is 9.07. The van der Waals surface area contributed by atoms with E-state index in [1.54, 1.807) is 0 Å². The fourth-order valence-electron chi connectivity index (χ4n) is 3.89. The van der Waals surface area contributed by atoms with Gasteiger partial charge in [0.15, 0.2) is 0 Å². The molecule has 2 saturated heterocycles. The van der Waals surface area contributed by atoms with Crippen LogP contribution >= 0.6 is 0 Å². The van der Waals surface area contributed by atoms with E-state index in [9.17, 15) is 4.79 Å². The topological polar surface area (TPSA) is 49.6 Å². The molecule has 2 heterocycles. The van der Waals surface area contributed by atoms with Gasteiger partial charge in [0, 0.05) is 43.8 Å². The lowest BCUT2D eigenvalue weighted by molar-refractivity contribution is 0.0642. The Morgan fingerprint density at radius 1 is 1.09 bits per heavy atom. The van der Waals surface area contributed by atoms with Gasteiger partial charge in [-0.15, -0.1) is 0 Å². The van der Waals surface area contributed by atoms with Crippen LogP contribution in [0.4, 0.5) is 0 Å². The minimum atomic E-state index is 0.201. The van der Waals surface area contributed by atoms with Crippen molar-refractivity contribution in [3.8, 4) is 0 Å². The molecular formula is C18H27N3O. The number of carbonyl (C=O) groups excluding carboxylic acids is 1. The highest BCUT2D eigenvalue weighted by Crippen LogP contribution is 2.23. The first-order chi connectivity index (χ1) is 10.6. The predicted octanol–water partition coefficient (Wildman–Crippen LogP) is 1.94. The Morgan fingerprint density at radius 2 is 1.73 bits per heavy atom. The minimum Gasteiger partial charge on any atom is -0.339 e. The number of rotatable bonds is 2. The van der Waals surface area contributed by atoms with E-state index < -0.39 is 0 Å². The van der Waals surface area contributed by atoms with Gasteiger partial charge in [-0.3, -0.25) is 9.69 Å². The molecule has 4 nitrogen and oxygen atoms in total. The Hall–Kier alpha value is -1.39. The number of likely N-dealkylation sites (tertiary alicyclic amines) is 2. The monoisotopic (exact) mass is 301 g/mol. The molecule has 0 aromatic heterocycles. The first kappa shape index (κ1) is 15.5. The minimum absolute atomic E-state index is 0.201. The summed E-state index contributed by atoms with van der Waals surface area (Å²) in [6.07, 6.45) is 3.26. The largest absolute Gasteiger partial charge is 0.339 e. The van der Waals surface area contributed by atoms with Gasteiger partial charge in [-0.25, -0.2) is 0 Å². The highest BCUT2D eigenvalue weighted by molar-refractivity contribution is 5.97. The molecule has 0 aliphatic carbocycles. The zero-order valence-corrected chi connectivity index (χ0v) is 13.7. The van der Waals surface area contributed by atoms with E-state index in [0.29, 0.717) is 12.1 Å². The third-order valence-corrected chi connectivity index (χ3v) is 5.22. The number of carbonyl (C=O) groups is 1. The second kappa shape index (κ2) is 6.39. The van der Waals surface area contributed by atoms with E-state index >= 15 is 0 Å². The number of nitrogens with two attached hydrogens (primary N) is 1. The van der Waals surface area contributed by atoms with E-state index in [1.165, 1.54) is 0 Å². The lowest BCUT2D eigenvalue weighted by Gasteiger charge is -2.37. The van der Waals surface area contributed by atoms with Gasteiger partial charge in [0.25, 0.3) is 5.91 Å². The summed E-state index contributed by atoms with van der Waals surface area (Å²) in [4.78, 5) is 17.4. The van der Waals surface area contributed by atoms with Gasteiger partial charge >= 0.3 is 0 Å². The van der Waals surface area contributed by atoms with Gasteiger partial charge in [-0.2, -0.15) is 0 Å². The maximum absolute atomic E-state index is 12.8. The summed E-state index contributed by atoms with van der Waals surface area (Å²) in [6.45, 7) is 7.93. The molecule has 1 aromatic carbocycles. The molecule has 0 bridgehead atoms. The number of aryl methyl sites for hydroxylation is 2. The number of piperidine rings is 1. The van der Waals surface area contributed by atoms with Crippen LogP contribution in [0.5, 0.6) is 0 Å². The summed E-state index contributed by atoms with van der Waals surface area (Å²) in [5.74, 6) is 0.201. The smallest absolute Gasteiger partial charge is 0.254 e. The van der Waals surface area contributed by atoms with E-state index in [2.05, 4.69) is 4.90 Å². The number of hydrogen-bond acceptors (Lipinski definition) is 3. The van der Waals surface area contributed by atoms with Crippen LogP contribution in [0.25, 0.3) is 0 Å². The van der Waals surface area contributed by atoms with Crippen molar-refractivity contribution in [3.05, 3.63) is 34.9 Å². The van der Waals surface area contributed by atoms with Crippen LogP contribution in [-0.4, -0.2) is 54.0 Å². The number of hydrogen-bond donors (Lipinski definition) is 1. The van der Waals surface area contributed by atoms with Crippen LogP contribution in [0.15, 0.2) is 18.2 Å². The Bertz CT molecular complexity index is 529. The summed E-state index contributed by atoms with van der Waals surface area (Å²) in [5, 5.41) is 0. The van der Waals surface area contributed by atoms with Crippen molar-refractivity contribution in [1.82, 2.24) is 9.80 Å². The molecule has 0 radical (unpaired) electrons. The number of amides is 1. The molecule has 0 saturated carbocycles. The van der Waals surface area contributed by atoms with Crippen LogP contribution in [0.1, 0.15) is 40.7 Å². The number of nitrogens with zero attached hydrogens (tertiary/aromatic N) is 2. The Balaban J connectivity index is 1.63. The van der Waals surface area contributed by atoms with Crippen molar-refractivity contribution >= 4 is 5.91 Å². The maximum atomic E-state index is 12.8. The predicted molar refractivity (Wildman–Crippen MR) is 89.0 cm³/mol. The summed E-state index contributed by atoms with van der Waals surface area (Å²) >= 11 is 0. The van der Waals surface area contributed by atoms with Crippen molar-refractivity contribution in [2.24, 2.45) is 5.73 Å². The third-order valence-electron chi connectivity index (χ3n) is 5.22. The van der Waals surface area contributed by atoms with Gasteiger partial charge in [0.2, 0.25) is 0 Å². The molecule has 1 amide bonds. The van der Waals surface area contributed by atoms with Crippen molar-refractivity contribution in [1.29, 1.82) is 0 Å². The van der Waals surface area contributed by atoms with Crippen LogP contribution in [0, 0.1) is 13.8 Å². The maximum Gasteiger partial charge on any atom is 0.254 e. The van der Waals surface area contributed by atoms with E-state index in [1.807, 2.05) is 36.9 Å². The molecule has 0 spiro atoms. The van der Waals surface area contributed by atoms with E-state index in [4.69, 9.17) is 5.73 Å². The van der Waals surface area contributed by atoms with Gasteiger partial charge in [-0.1, -0.05) is 18.2 Å². The van der Waals surface area contributed by atoms with E-state index in [-0.39, 0.29) is 5.91 Å². The van der Waals surface area contributed by atoms with E-state index in [0.717, 1.165) is 62.1 Å². The van der Waals surface area contributed by atoms with Crippen molar-refractivity contribution < 1.29 is 4.79 Å². The third kappa shape index (κ3) is 3.03. The molecular weight excluding hydrogens is 274 g/mol. The van der Waals surface area contributed by atoms with Crippen LogP contribution < -0.4 is 5.73 Å². The molecule has 2 aliphatic rings. The van der Waals surface area contributed by atoms with Crippen molar-refractivity contribution in [2.45, 2.75) is 45.2 Å². The van der Waals surface area contributed by atoms with Crippen LogP contribution in [-0.2, 0) is 0 Å². The lowest BCUT2D eigenvalue weighted by atomic mass is 9.98. The molecule has 2 fully saturated rings. The molecule has 3 rings (SSSR count). The molecule has 1 atom stereocenters. The summed E-state index contributed by atoms with van der Waals surface area (Å²) in [7, 11) is 0. The Labute approximate surface area is 133 Å². The SMILES string of the molecule is Cc1cccc(C)c1C(=O)N1CCC(N2CC[C@@H](N)C2)CC1. The van der Waals surface area contributed by atoms with Crippen molar-refractivity contribution in [2.75, 3.05) is 26.2 Å². The molecule has 4 heteroatoms. The zero-order chi connectivity index (χ0) is 15.7. The van der Waals surface area contributed by atoms with Gasteiger partial charge in [0.05, 0.1) is 0 Å². The van der Waals surface area contributed by atoms with Crippen molar-refractivity contribution in [3.63, 3.8) is 0 Å². The molecule has 0 unspecified atom stereocenters. The average Bonchev–Trinajstić information content (AvgIpc) is 2.94. The van der Waals surface area contributed by atoms with Crippen LogP contribution in [0.3, 0.4) is 0 Å². The average molecular weight is 301 g/mol. The summed E-state index contributed by atoms with van der Waals surface area (Å²) < 4.78 is 0. The quantitative estimate of drug-likeness (QED) is 0.908. The second-order valence-corrected chi connectivity index (χ2v) is 6.83. The van der Waals surface area contributed by atoms with Gasteiger partial charge < -0.3 is 10.6 Å². The number of benzene rings is 1. The fourth-order valence-corrected chi connectivity index (χ4v) is 3.89. The molecule has 22 heavy (non-hydrogen) atoms. The molecule has 1 aromatic rings. The Kier molecular flexibility index (Phi) is 4.50. The molecule has 2 aliphatic heterocycles. The zero-order valence-electron chi connectivity index (χ0n) is 13.7. The highest BCUT2D eigenvalue weighted by atomic mass is 16.2.